The molecule has 3 heterocycles. The van der Waals surface area contributed by atoms with Crippen LogP contribution >= 0.6 is 0 Å². The van der Waals surface area contributed by atoms with Crippen molar-refractivity contribution in [2.75, 3.05) is 0 Å². The standard InChI is InChI=1S/C28H35NO6/c1-16-9-8-12-19-24(32)27(4)26(3,35-27)23-20(15-18-10-6-5-7-11-18)29-25(33)28(19,23)34-21(30)14-13-17(2)22(16)31/h5-8,10-14,16-17,19-20,22-24,31-32H,9,15H2,1-4H3,(H,29,33)/t16-,17-,19-,20-,22+,23+,24-,26+,27-,28+/m0/s1. The van der Waals surface area contributed by atoms with Crippen LogP contribution in [0.25, 0.3) is 0 Å². The van der Waals surface area contributed by atoms with Gasteiger partial charge in [0, 0.05) is 18.0 Å². The van der Waals surface area contributed by atoms with Gasteiger partial charge in [-0.3, -0.25) is 4.79 Å². The fraction of sp³-hybridized carbons (Fsp3) is 0.571. The summed E-state index contributed by atoms with van der Waals surface area (Å²) in [5.74, 6) is -2.72. The number of nitrogens with one attached hydrogen (secondary N) is 1. The molecule has 0 bridgehead atoms. The summed E-state index contributed by atoms with van der Waals surface area (Å²) in [6, 6.07) is 9.52. The van der Waals surface area contributed by atoms with Gasteiger partial charge >= 0.3 is 5.97 Å². The molecule has 1 saturated carbocycles. The summed E-state index contributed by atoms with van der Waals surface area (Å²) in [5.41, 5.74) is -2.30. The van der Waals surface area contributed by atoms with Crippen molar-refractivity contribution in [2.24, 2.45) is 23.7 Å². The molecule has 1 amide bonds. The Morgan fingerprint density at radius 3 is 2.49 bits per heavy atom. The van der Waals surface area contributed by atoms with Gasteiger partial charge in [-0.2, -0.15) is 0 Å². The Hall–Kier alpha value is -2.48. The number of amides is 1. The van der Waals surface area contributed by atoms with Crippen LogP contribution in [0.2, 0.25) is 0 Å². The maximum Gasteiger partial charge on any atom is 0.331 e. The van der Waals surface area contributed by atoms with Crippen LogP contribution in [0, 0.1) is 23.7 Å². The lowest BCUT2D eigenvalue weighted by Crippen LogP contribution is -2.66. The number of aliphatic hydroxyl groups is 2. The zero-order chi connectivity index (χ0) is 25.2. The molecule has 3 N–H and O–H groups in total. The van der Waals surface area contributed by atoms with Crippen molar-refractivity contribution in [1.29, 1.82) is 0 Å². The van der Waals surface area contributed by atoms with E-state index in [9.17, 15) is 19.8 Å². The van der Waals surface area contributed by atoms with Gasteiger partial charge in [-0.1, -0.05) is 62.4 Å². The highest BCUT2D eigenvalue weighted by Crippen LogP contribution is 2.67. The lowest BCUT2D eigenvalue weighted by Gasteiger charge is -2.47. The van der Waals surface area contributed by atoms with Crippen LogP contribution in [-0.4, -0.2) is 57.1 Å². The summed E-state index contributed by atoms with van der Waals surface area (Å²) in [7, 11) is 0. The predicted octanol–water partition coefficient (Wildman–Crippen LogP) is 2.31. The van der Waals surface area contributed by atoms with E-state index in [4.69, 9.17) is 9.47 Å². The number of hydrogen-bond acceptors (Lipinski definition) is 6. The predicted molar refractivity (Wildman–Crippen MR) is 129 cm³/mol. The van der Waals surface area contributed by atoms with Crippen molar-refractivity contribution in [3.8, 4) is 0 Å². The summed E-state index contributed by atoms with van der Waals surface area (Å²) in [6.07, 6.45) is 6.01. The molecule has 0 radical (unpaired) electrons. The van der Waals surface area contributed by atoms with E-state index >= 15 is 0 Å². The third kappa shape index (κ3) is 3.51. The van der Waals surface area contributed by atoms with E-state index < -0.39 is 52.7 Å². The lowest BCUT2D eigenvalue weighted by molar-refractivity contribution is -0.185. The van der Waals surface area contributed by atoms with Crippen molar-refractivity contribution in [3.05, 3.63) is 60.2 Å². The summed E-state index contributed by atoms with van der Waals surface area (Å²) < 4.78 is 12.3. The van der Waals surface area contributed by atoms with Gasteiger partial charge in [0.15, 0.2) is 0 Å². The maximum atomic E-state index is 13.8. The zero-order valence-electron chi connectivity index (χ0n) is 20.7. The van der Waals surface area contributed by atoms with Crippen molar-refractivity contribution in [3.63, 3.8) is 0 Å². The Balaban J connectivity index is 1.62. The smallest absolute Gasteiger partial charge is 0.331 e. The highest BCUT2D eigenvalue weighted by molar-refractivity contribution is 5.94. The van der Waals surface area contributed by atoms with Crippen LogP contribution in [0.3, 0.4) is 0 Å². The van der Waals surface area contributed by atoms with Gasteiger partial charge in [-0.05, 0) is 38.2 Å². The highest BCUT2D eigenvalue weighted by Gasteiger charge is 2.85. The van der Waals surface area contributed by atoms with E-state index in [1.54, 1.807) is 12.2 Å². The lowest BCUT2D eigenvalue weighted by atomic mass is 9.57. The van der Waals surface area contributed by atoms with Crippen LogP contribution in [-0.2, 0) is 25.5 Å². The molecule has 7 nitrogen and oxygen atoms in total. The Kier molecular flexibility index (Phi) is 5.74. The zero-order valence-corrected chi connectivity index (χ0v) is 20.7. The minimum Gasteiger partial charge on any atom is -0.445 e. The number of benzene rings is 1. The second kappa shape index (κ2) is 8.29. The van der Waals surface area contributed by atoms with Gasteiger partial charge in [0.05, 0.1) is 24.0 Å². The Morgan fingerprint density at radius 1 is 1.06 bits per heavy atom. The number of esters is 1. The molecule has 1 spiro atoms. The normalized spacial score (nSPS) is 46.9. The molecule has 1 aliphatic carbocycles. The SMILES string of the molecule is C[C@H]1C=CC(=O)O[C@@]23C(=O)N[C@@H](Cc4ccccc4)[C@@H]2[C@@]2(C)O[C@@]2(C)[C@@H](O)[C@@H]3C=CC[C@H](C)[C@H]1O. The first-order chi connectivity index (χ1) is 16.5. The number of fused-ring (bicyclic) bond motifs is 2. The molecular weight excluding hydrogens is 446 g/mol. The van der Waals surface area contributed by atoms with Gasteiger partial charge in [0.1, 0.15) is 11.2 Å². The first-order valence-electron chi connectivity index (χ1n) is 12.5. The van der Waals surface area contributed by atoms with Gasteiger partial charge in [0.25, 0.3) is 5.91 Å². The summed E-state index contributed by atoms with van der Waals surface area (Å²) >= 11 is 0. The molecule has 35 heavy (non-hydrogen) atoms. The van der Waals surface area contributed by atoms with Crippen LogP contribution in [0.15, 0.2) is 54.6 Å². The van der Waals surface area contributed by atoms with Crippen LogP contribution in [0.5, 0.6) is 0 Å². The molecule has 5 rings (SSSR count). The molecule has 10 atom stereocenters. The molecule has 1 aromatic rings. The topological polar surface area (TPSA) is 108 Å². The number of carbonyl (C=O) groups excluding carboxylic acids is 2. The van der Waals surface area contributed by atoms with E-state index in [2.05, 4.69) is 5.32 Å². The minimum absolute atomic E-state index is 0.0740. The first kappa shape index (κ1) is 24.2. The number of carbonyl (C=O) groups is 2. The molecule has 3 aliphatic heterocycles. The van der Waals surface area contributed by atoms with Crippen molar-refractivity contribution >= 4 is 11.9 Å². The highest BCUT2D eigenvalue weighted by atomic mass is 16.7. The van der Waals surface area contributed by atoms with E-state index in [1.807, 2.05) is 64.1 Å². The van der Waals surface area contributed by atoms with Crippen LogP contribution < -0.4 is 5.32 Å². The first-order valence-corrected chi connectivity index (χ1v) is 12.5. The largest absolute Gasteiger partial charge is 0.445 e. The Labute approximate surface area is 206 Å². The monoisotopic (exact) mass is 481 g/mol. The van der Waals surface area contributed by atoms with Gasteiger partial charge in [-0.25, -0.2) is 4.79 Å². The molecular formula is C28H35NO6. The number of epoxide rings is 1. The Morgan fingerprint density at radius 2 is 1.77 bits per heavy atom. The number of aliphatic hydroxyl groups excluding tert-OH is 2. The molecule has 7 heteroatoms. The number of ether oxygens (including phenoxy) is 2. The van der Waals surface area contributed by atoms with Gasteiger partial charge in [-0.15, -0.1) is 0 Å². The summed E-state index contributed by atoms with van der Waals surface area (Å²) in [4.78, 5) is 26.9. The molecule has 4 aliphatic rings. The fourth-order valence-corrected chi connectivity index (χ4v) is 6.78. The molecule has 3 fully saturated rings. The fourth-order valence-electron chi connectivity index (χ4n) is 6.78. The summed E-state index contributed by atoms with van der Waals surface area (Å²) in [5, 5.41) is 25.2. The summed E-state index contributed by atoms with van der Waals surface area (Å²) in [6.45, 7) is 7.56. The van der Waals surface area contributed by atoms with E-state index in [-0.39, 0.29) is 17.9 Å². The third-order valence-corrected chi connectivity index (χ3v) is 8.97. The van der Waals surface area contributed by atoms with Gasteiger partial charge < -0.3 is 25.0 Å². The number of rotatable bonds is 2. The van der Waals surface area contributed by atoms with Crippen molar-refractivity contribution in [2.45, 2.75) is 75.6 Å². The Bertz CT molecular complexity index is 1070. The van der Waals surface area contributed by atoms with Crippen molar-refractivity contribution in [1.82, 2.24) is 5.32 Å². The average molecular weight is 482 g/mol. The maximum absolute atomic E-state index is 13.8. The average Bonchev–Trinajstić information content (AvgIpc) is 3.29. The van der Waals surface area contributed by atoms with E-state index in [0.29, 0.717) is 12.8 Å². The van der Waals surface area contributed by atoms with Crippen LogP contribution in [0.1, 0.15) is 39.7 Å². The van der Waals surface area contributed by atoms with Crippen LogP contribution in [0.4, 0.5) is 0 Å². The second-order valence-electron chi connectivity index (χ2n) is 11.1. The second-order valence-corrected chi connectivity index (χ2v) is 11.1. The molecule has 188 valence electrons. The quantitative estimate of drug-likeness (QED) is 0.340. The number of allylic oxidation sites excluding steroid dienone is 1. The molecule has 0 aromatic heterocycles. The van der Waals surface area contributed by atoms with Gasteiger partial charge in [0.2, 0.25) is 5.60 Å². The third-order valence-electron chi connectivity index (χ3n) is 8.97. The van der Waals surface area contributed by atoms with E-state index in [1.165, 1.54) is 6.08 Å². The van der Waals surface area contributed by atoms with E-state index in [0.717, 1.165) is 5.56 Å². The molecule has 2 saturated heterocycles. The molecule has 1 aromatic carbocycles. The molecule has 0 unspecified atom stereocenters. The number of hydrogen-bond donors (Lipinski definition) is 3. The minimum atomic E-state index is -1.62. The van der Waals surface area contributed by atoms with Crippen molar-refractivity contribution < 1.29 is 29.3 Å².